The van der Waals surface area contributed by atoms with Crippen molar-refractivity contribution in [1.29, 1.82) is 0 Å². The Balaban J connectivity index is 1.59. The predicted molar refractivity (Wildman–Crippen MR) is 119 cm³/mol. The maximum Gasteiger partial charge on any atom is 0.256 e. The molecule has 0 aliphatic carbocycles. The highest BCUT2D eigenvalue weighted by atomic mass is 32.2. The van der Waals surface area contributed by atoms with Crippen LogP contribution in [0.2, 0.25) is 0 Å². The molecule has 1 N–H and O–H groups in total. The van der Waals surface area contributed by atoms with Crippen molar-refractivity contribution in [2.24, 2.45) is 0 Å². The Labute approximate surface area is 175 Å². The monoisotopic (exact) mass is 404 g/mol. The lowest BCUT2D eigenvalue weighted by molar-refractivity contribution is -0.115. The van der Waals surface area contributed by atoms with E-state index in [-0.39, 0.29) is 11.8 Å². The quantitative estimate of drug-likeness (QED) is 0.533. The van der Waals surface area contributed by atoms with Gasteiger partial charge < -0.3 is 10.2 Å². The van der Waals surface area contributed by atoms with Gasteiger partial charge in [-0.1, -0.05) is 60.7 Å². The molecule has 0 fully saturated rings. The van der Waals surface area contributed by atoms with E-state index in [0.717, 1.165) is 10.5 Å². The summed E-state index contributed by atoms with van der Waals surface area (Å²) < 4.78 is 0. The number of nitrogens with zero attached hydrogens (tertiary/aromatic N) is 1. The Morgan fingerprint density at radius 3 is 2.21 bits per heavy atom. The number of rotatable bonds is 8. The van der Waals surface area contributed by atoms with Crippen molar-refractivity contribution in [2.45, 2.75) is 17.9 Å². The molecule has 4 nitrogen and oxygen atoms in total. The molecule has 0 heterocycles. The second-order valence-electron chi connectivity index (χ2n) is 6.65. The third kappa shape index (κ3) is 6.22. The molecule has 0 radical (unpaired) electrons. The summed E-state index contributed by atoms with van der Waals surface area (Å²) in [4.78, 5) is 28.1. The van der Waals surface area contributed by atoms with Crippen molar-refractivity contribution in [3.8, 4) is 0 Å². The number of nitrogens with one attached hydrogen (secondary N) is 1. The summed E-state index contributed by atoms with van der Waals surface area (Å²) in [6.45, 7) is 0.510. The minimum atomic E-state index is -0.122. The normalized spacial score (nSPS) is 10.4. The van der Waals surface area contributed by atoms with Gasteiger partial charge in [0.2, 0.25) is 5.91 Å². The van der Waals surface area contributed by atoms with Crippen LogP contribution in [0.15, 0.2) is 89.8 Å². The van der Waals surface area contributed by atoms with E-state index in [1.54, 1.807) is 35.8 Å². The molecule has 0 saturated carbocycles. The molecule has 0 atom stereocenters. The molecule has 0 spiro atoms. The van der Waals surface area contributed by atoms with Gasteiger partial charge in [-0.05, 0) is 29.8 Å². The van der Waals surface area contributed by atoms with Crippen LogP contribution in [0.4, 0.5) is 5.69 Å². The van der Waals surface area contributed by atoms with Crippen molar-refractivity contribution in [2.75, 3.05) is 18.1 Å². The number of benzene rings is 3. The second-order valence-corrected chi connectivity index (χ2v) is 7.82. The van der Waals surface area contributed by atoms with E-state index in [0.29, 0.717) is 30.0 Å². The van der Waals surface area contributed by atoms with Crippen LogP contribution in [0, 0.1) is 0 Å². The number of thioether (sulfide) groups is 1. The van der Waals surface area contributed by atoms with E-state index in [2.05, 4.69) is 5.32 Å². The number of para-hydroxylation sites is 1. The van der Waals surface area contributed by atoms with Gasteiger partial charge in [-0.2, -0.15) is 0 Å². The zero-order chi connectivity index (χ0) is 20.5. The summed E-state index contributed by atoms with van der Waals surface area (Å²) in [6, 6.07) is 27.0. The first-order valence-corrected chi connectivity index (χ1v) is 10.5. The van der Waals surface area contributed by atoms with Gasteiger partial charge in [0.05, 0.1) is 11.3 Å². The maximum atomic E-state index is 12.9. The number of anilines is 1. The van der Waals surface area contributed by atoms with Crippen molar-refractivity contribution in [1.82, 2.24) is 4.90 Å². The lowest BCUT2D eigenvalue weighted by Crippen LogP contribution is -2.27. The summed E-state index contributed by atoms with van der Waals surface area (Å²) in [5, 5.41) is 2.90. The molecule has 5 heteroatoms. The lowest BCUT2D eigenvalue weighted by atomic mass is 10.1. The highest BCUT2D eigenvalue weighted by molar-refractivity contribution is 7.99. The van der Waals surface area contributed by atoms with Gasteiger partial charge in [-0.15, -0.1) is 11.8 Å². The van der Waals surface area contributed by atoms with Crippen molar-refractivity contribution < 1.29 is 9.59 Å². The fourth-order valence-electron chi connectivity index (χ4n) is 2.90. The second kappa shape index (κ2) is 10.5. The Bertz CT molecular complexity index is 945. The highest BCUT2D eigenvalue weighted by Gasteiger charge is 2.17. The summed E-state index contributed by atoms with van der Waals surface area (Å²) in [5.74, 6) is 0.461. The van der Waals surface area contributed by atoms with Gasteiger partial charge in [0, 0.05) is 30.7 Å². The van der Waals surface area contributed by atoms with E-state index in [1.165, 1.54) is 0 Å². The van der Waals surface area contributed by atoms with Crippen LogP contribution in [-0.4, -0.2) is 29.5 Å². The van der Waals surface area contributed by atoms with E-state index < -0.39 is 0 Å². The van der Waals surface area contributed by atoms with Crippen LogP contribution in [0.5, 0.6) is 0 Å². The van der Waals surface area contributed by atoms with E-state index in [1.807, 2.05) is 72.8 Å². The smallest absolute Gasteiger partial charge is 0.256 e. The van der Waals surface area contributed by atoms with Crippen LogP contribution in [0.1, 0.15) is 22.3 Å². The van der Waals surface area contributed by atoms with Gasteiger partial charge in [-0.25, -0.2) is 0 Å². The number of amides is 2. The zero-order valence-electron chi connectivity index (χ0n) is 16.4. The molecule has 0 aromatic heterocycles. The summed E-state index contributed by atoms with van der Waals surface area (Å²) in [7, 11) is 1.77. The van der Waals surface area contributed by atoms with Crippen LogP contribution >= 0.6 is 11.8 Å². The summed E-state index contributed by atoms with van der Waals surface area (Å²) >= 11 is 1.64. The Morgan fingerprint density at radius 1 is 0.862 bits per heavy atom. The lowest BCUT2D eigenvalue weighted by Gasteiger charge is -2.19. The Morgan fingerprint density at radius 2 is 1.48 bits per heavy atom. The standard InChI is InChI=1S/C24H24N2O2S/c1-26(18-19-10-4-2-5-11-19)24(28)21-14-8-9-15-22(21)25-23(27)16-17-29-20-12-6-3-7-13-20/h2-15H,16-18H2,1H3,(H,25,27). The minimum absolute atomic E-state index is 0.0978. The molecule has 0 saturated heterocycles. The summed E-state index contributed by atoms with van der Waals surface area (Å²) in [6.07, 6.45) is 0.377. The number of hydrogen-bond acceptors (Lipinski definition) is 3. The first-order chi connectivity index (χ1) is 14.1. The van der Waals surface area contributed by atoms with Gasteiger partial charge in [-0.3, -0.25) is 9.59 Å². The third-order valence-electron chi connectivity index (χ3n) is 4.38. The molecule has 148 valence electrons. The first kappa shape index (κ1) is 20.7. The van der Waals surface area contributed by atoms with Crippen molar-refractivity contribution in [3.05, 3.63) is 96.1 Å². The van der Waals surface area contributed by atoms with Crippen molar-refractivity contribution in [3.63, 3.8) is 0 Å². The molecular formula is C24H24N2O2S. The molecule has 3 aromatic carbocycles. The van der Waals surface area contributed by atoms with E-state index in [9.17, 15) is 9.59 Å². The molecule has 0 unspecified atom stereocenters. The molecule has 29 heavy (non-hydrogen) atoms. The van der Waals surface area contributed by atoms with E-state index in [4.69, 9.17) is 0 Å². The van der Waals surface area contributed by atoms with Gasteiger partial charge in [0.15, 0.2) is 0 Å². The number of hydrogen-bond donors (Lipinski definition) is 1. The SMILES string of the molecule is CN(Cc1ccccc1)C(=O)c1ccccc1NC(=O)CCSc1ccccc1. The maximum absolute atomic E-state index is 12.9. The summed E-state index contributed by atoms with van der Waals surface area (Å²) in [5.41, 5.74) is 2.10. The average Bonchev–Trinajstić information content (AvgIpc) is 2.75. The van der Waals surface area contributed by atoms with Crippen LogP contribution < -0.4 is 5.32 Å². The fourth-order valence-corrected chi connectivity index (χ4v) is 3.78. The molecule has 3 rings (SSSR count). The number of carbonyl (C=O) groups excluding carboxylic acids is 2. The third-order valence-corrected chi connectivity index (χ3v) is 5.40. The van der Waals surface area contributed by atoms with Gasteiger partial charge in [0.25, 0.3) is 5.91 Å². The van der Waals surface area contributed by atoms with Crippen LogP contribution in [0.3, 0.4) is 0 Å². The average molecular weight is 405 g/mol. The largest absolute Gasteiger partial charge is 0.337 e. The molecular weight excluding hydrogens is 380 g/mol. The fraction of sp³-hybridized carbons (Fsp3) is 0.167. The predicted octanol–water partition coefficient (Wildman–Crippen LogP) is 5.08. The first-order valence-electron chi connectivity index (χ1n) is 9.49. The van der Waals surface area contributed by atoms with Gasteiger partial charge in [0.1, 0.15) is 0 Å². The Kier molecular flexibility index (Phi) is 7.47. The zero-order valence-corrected chi connectivity index (χ0v) is 17.2. The van der Waals surface area contributed by atoms with Gasteiger partial charge >= 0.3 is 0 Å². The number of carbonyl (C=O) groups is 2. The topological polar surface area (TPSA) is 49.4 Å². The molecule has 0 aliphatic rings. The molecule has 0 aliphatic heterocycles. The highest BCUT2D eigenvalue weighted by Crippen LogP contribution is 2.20. The van der Waals surface area contributed by atoms with E-state index >= 15 is 0 Å². The Hall–Kier alpha value is -3.05. The molecule has 2 amide bonds. The van der Waals surface area contributed by atoms with Crippen LogP contribution in [-0.2, 0) is 11.3 Å². The minimum Gasteiger partial charge on any atom is -0.337 e. The van der Waals surface area contributed by atoms with Crippen LogP contribution in [0.25, 0.3) is 0 Å². The van der Waals surface area contributed by atoms with Crippen molar-refractivity contribution >= 4 is 29.3 Å². The molecule has 3 aromatic rings. The molecule has 0 bridgehead atoms.